The zero-order valence-corrected chi connectivity index (χ0v) is 18.6. The monoisotopic (exact) mass is 462 g/mol. The number of piperidine rings is 1. The molecule has 0 saturated carbocycles. The first-order chi connectivity index (χ1) is 12.3. The lowest BCUT2D eigenvalue weighted by atomic mass is 9.75. The fourth-order valence-corrected chi connectivity index (χ4v) is 4.33. The Hall–Kier alpha value is -0.400. The summed E-state index contributed by atoms with van der Waals surface area (Å²) in [7, 11) is -1.41. The zero-order valence-electron chi connectivity index (χ0n) is 15.4. The lowest BCUT2D eigenvalue weighted by Crippen LogP contribution is -2.38. The van der Waals surface area contributed by atoms with Gasteiger partial charge in [0.2, 0.25) is 0 Å². The summed E-state index contributed by atoms with van der Waals surface area (Å²) in [5, 5.41) is 9.84. The van der Waals surface area contributed by atoms with Crippen LogP contribution >= 0.6 is 27.5 Å². The Balaban J connectivity index is 2.47. The van der Waals surface area contributed by atoms with Crippen molar-refractivity contribution in [3.63, 3.8) is 0 Å². The van der Waals surface area contributed by atoms with Crippen LogP contribution in [0.4, 0.5) is 0 Å². The average molecular weight is 464 g/mol. The minimum absolute atomic E-state index is 0.171. The van der Waals surface area contributed by atoms with Crippen molar-refractivity contribution in [1.82, 2.24) is 5.32 Å². The number of rotatable bonds is 8. The molecule has 0 aliphatic carbocycles. The van der Waals surface area contributed by atoms with Crippen LogP contribution in [-0.2, 0) is 11.0 Å². The van der Waals surface area contributed by atoms with Gasteiger partial charge in [0.15, 0.2) is 0 Å². The first-order valence-electron chi connectivity index (χ1n) is 8.86. The van der Waals surface area contributed by atoms with Gasteiger partial charge in [-0.2, -0.15) is 0 Å². The second-order valence-electron chi connectivity index (χ2n) is 7.36. The van der Waals surface area contributed by atoms with Gasteiger partial charge < -0.3 is 10.1 Å². The Kier molecular flexibility index (Phi) is 8.16. The third-order valence-corrected chi connectivity index (χ3v) is 7.47. The molecule has 3 N–H and O–H groups in total. The van der Waals surface area contributed by atoms with Crippen molar-refractivity contribution in [3.05, 3.63) is 39.8 Å². The molecule has 0 bridgehead atoms. The van der Waals surface area contributed by atoms with Crippen LogP contribution in [0.1, 0.15) is 44.6 Å². The highest BCUT2D eigenvalue weighted by atomic mass is 79.9. The van der Waals surface area contributed by atoms with Gasteiger partial charge in [-0.3, -0.25) is 5.14 Å². The van der Waals surface area contributed by atoms with Crippen LogP contribution in [0.15, 0.2) is 29.3 Å². The zero-order chi connectivity index (χ0) is 19.3. The highest BCUT2D eigenvalue weighted by Gasteiger charge is 2.35. The van der Waals surface area contributed by atoms with E-state index in [1.54, 1.807) is 6.08 Å². The Bertz CT molecular complexity index is 663. The van der Waals surface area contributed by atoms with Gasteiger partial charge >= 0.3 is 0 Å². The molecule has 1 saturated heterocycles. The lowest BCUT2D eigenvalue weighted by molar-refractivity contribution is 0.282. The molecule has 0 aromatic heterocycles. The third-order valence-electron chi connectivity index (χ3n) is 5.02. The predicted molar refractivity (Wildman–Crippen MR) is 114 cm³/mol. The van der Waals surface area contributed by atoms with Crippen LogP contribution in [0.3, 0.4) is 0 Å². The SMILES string of the molecule is C=CCOc1cc(Br)c(Cl)cc1[C@H](CC(C)(C)S(N)=O)C1CCNCC1. The van der Waals surface area contributed by atoms with Gasteiger partial charge in [-0.05, 0) is 91.7 Å². The molecule has 2 rings (SSSR count). The molecule has 7 heteroatoms. The molecule has 1 unspecified atom stereocenters. The number of halogens is 2. The Labute approximate surface area is 172 Å². The summed E-state index contributed by atoms with van der Waals surface area (Å²) in [5.41, 5.74) is 1.06. The van der Waals surface area contributed by atoms with E-state index >= 15 is 0 Å². The smallest absolute Gasteiger partial charge is 0.124 e. The maximum absolute atomic E-state index is 12.1. The van der Waals surface area contributed by atoms with Gasteiger partial charge in [0, 0.05) is 4.47 Å². The van der Waals surface area contributed by atoms with Crippen molar-refractivity contribution in [1.29, 1.82) is 0 Å². The molecule has 0 radical (unpaired) electrons. The molecule has 1 aromatic rings. The van der Waals surface area contributed by atoms with Crippen LogP contribution < -0.4 is 15.2 Å². The van der Waals surface area contributed by atoms with Crippen LogP contribution in [0.2, 0.25) is 5.02 Å². The van der Waals surface area contributed by atoms with Gasteiger partial charge in [-0.1, -0.05) is 24.3 Å². The first kappa shape index (κ1) is 21.9. The fraction of sp³-hybridized carbons (Fsp3) is 0.579. The van der Waals surface area contributed by atoms with E-state index in [1.807, 2.05) is 26.0 Å². The summed E-state index contributed by atoms with van der Waals surface area (Å²) in [5.74, 6) is 1.43. The molecular formula is C19H28BrClN2O2S. The van der Waals surface area contributed by atoms with Crippen molar-refractivity contribution in [3.8, 4) is 5.75 Å². The van der Waals surface area contributed by atoms with E-state index in [-0.39, 0.29) is 5.92 Å². The molecule has 1 aromatic carbocycles. The van der Waals surface area contributed by atoms with Crippen LogP contribution in [0.25, 0.3) is 0 Å². The van der Waals surface area contributed by atoms with Crippen LogP contribution in [-0.4, -0.2) is 28.7 Å². The Morgan fingerprint density at radius 1 is 1.50 bits per heavy atom. The molecule has 1 fully saturated rings. The van der Waals surface area contributed by atoms with E-state index in [0.717, 1.165) is 41.7 Å². The van der Waals surface area contributed by atoms with Crippen molar-refractivity contribution < 1.29 is 8.95 Å². The molecule has 4 nitrogen and oxygen atoms in total. The molecule has 1 heterocycles. The van der Waals surface area contributed by atoms with Crippen molar-refractivity contribution >= 4 is 38.5 Å². The van der Waals surface area contributed by atoms with Gasteiger partial charge in [0.05, 0.1) is 20.8 Å². The van der Waals surface area contributed by atoms with E-state index in [1.165, 1.54) is 0 Å². The van der Waals surface area contributed by atoms with E-state index < -0.39 is 15.7 Å². The summed E-state index contributed by atoms with van der Waals surface area (Å²) >= 11 is 9.90. The third kappa shape index (κ3) is 5.55. The van der Waals surface area contributed by atoms with Crippen molar-refractivity contribution in [2.75, 3.05) is 19.7 Å². The summed E-state index contributed by atoms with van der Waals surface area (Å²) in [6.45, 7) is 10.1. The number of benzene rings is 1. The predicted octanol–water partition coefficient (Wildman–Crippen LogP) is 4.54. The fourth-order valence-electron chi connectivity index (χ4n) is 3.50. The number of nitrogens with two attached hydrogens (primary N) is 1. The molecule has 0 spiro atoms. The van der Waals surface area contributed by atoms with Crippen LogP contribution in [0, 0.1) is 5.92 Å². The highest BCUT2D eigenvalue weighted by Crippen LogP contribution is 2.44. The average Bonchev–Trinajstić information content (AvgIpc) is 2.61. The maximum atomic E-state index is 12.1. The van der Waals surface area contributed by atoms with Gasteiger partial charge in [0.25, 0.3) is 0 Å². The van der Waals surface area contributed by atoms with Gasteiger partial charge in [-0.25, -0.2) is 4.21 Å². The van der Waals surface area contributed by atoms with Crippen molar-refractivity contribution in [2.24, 2.45) is 11.1 Å². The number of hydrogen-bond acceptors (Lipinski definition) is 3. The Morgan fingerprint density at radius 3 is 2.73 bits per heavy atom. The molecular weight excluding hydrogens is 436 g/mol. The summed E-state index contributed by atoms with van der Waals surface area (Å²) in [4.78, 5) is 0. The van der Waals surface area contributed by atoms with Crippen molar-refractivity contribution in [2.45, 2.75) is 43.8 Å². The molecule has 2 atom stereocenters. The molecule has 1 aliphatic heterocycles. The summed E-state index contributed by atoms with van der Waals surface area (Å²) < 4.78 is 18.3. The lowest BCUT2D eigenvalue weighted by Gasteiger charge is -2.36. The summed E-state index contributed by atoms with van der Waals surface area (Å²) in [6.07, 6.45) is 4.56. The number of ether oxygens (including phenoxy) is 1. The second-order valence-corrected chi connectivity index (χ2v) is 10.3. The molecule has 0 amide bonds. The van der Waals surface area contributed by atoms with E-state index in [0.29, 0.717) is 24.0 Å². The van der Waals surface area contributed by atoms with E-state index in [4.69, 9.17) is 21.5 Å². The topological polar surface area (TPSA) is 64.3 Å². The molecule has 26 heavy (non-hydrogen) atoms. The van der Waals surface area contributed by atoms with E-state index in [2.05, 4.69) is 27.8 Å². The van der Waals surface area contributed by atoms with Gasteiger partial charge in [-0.15, -0.1) is 0 Å². The molecule has 1 aliphatic rings. The van der Waals surface area contributed by atoms with Crippen LogP contribution in [0.5, 0.6) is 5.75 Å². The van der Waals surface area contributed by atoms with E-state index in [9.17, 15) is 4.21 Å². The first-order valence-corrected chi connectivity index (χ1v) is 11.2. The molecule has 146 valence electrons. The normalized spacial score (nSPS) is 18.3. The minimum Gasteiger partial charge on any atom is -0.489 e. The highest BCUT2D eigenvalue weighted by molar-refractivity contribution is 9.10. The summed E-state index contributed by atoms with van der Waals surface area (Å²) in [6, 6.07) is 3.90. The number of hydrogen-bond donors (Lipinski definition) is 2. The van der Waals surface area contributed by atoms with Gasteiger partial charge in [0.1, 0.15) is 12.4 Å². The maximum Gasteiger partial charge on any atom is 0.124 e. The standard InChI is InChI=1S/C19H28BrClN2O2S/c1-4-9-25-18-11-16(20)17(21)10-14(18)15(12-19(2,3)26(22)24)13-5-7-23-8-6-13/h4,10-11,13,15,23H,1,5-9,12,22H2,2-3H3/t15-,26?/m1/s1. The Morgan fingerprint density at radius 2 is 2.15 bits per heavy atom. The second kappa shape index (κ2) is 9.69. The number of nitrogens with one attached hydrogen (secondary N) is 1. The minimum atomic E-state index is -1.41. The largest absolute Gasteiger partial charge is 0.489 e. The quantitative estimate of drug-likeness (QED) is 0.556.